The molecule has 0 spiro atoms. The highest BCUT2D eigenvalue weighted by atomic mass is 16.1. The highest BCUT2D eigenvalue weighted by Crippen LogP contribution is 2.36. The Balaban J connectivity index is 2.57. The number of ketones is 2. The van der Waals surface area contributed by atoms with Crippen LogP contribution in [-0.2, 0) is 9.59 Å². The lowest BCUT2D eigenvalue weighted by Gasteiger charge is -2.23. The van der Waals surface area contributed by atoms with Gasteiger partial charge in [0.1, 0.15) is 23.7 Å². The van der Waals surface area contributed by atoms with Crippen LogP contribution in [0.5, 0.6) is 0 Å². The second-order valence-corrected chi connectivity index (χ2v) is 7.20. The summed E-state index contributed by atoms with van der Waals surface area (Å²) in [7, 11) is 0. The Morgan fingerprint density at radius 1 is 0.643 bits per heavy atom. The third-order valence-electron chi connectivity index (χ3n) is 4.31. The molecule has 0 aromatic heterocycles. The summed E-state index contributed by atoms with van der Waals surface area (Å²) in [6.45, 7) is 6.90. The molecule has 0 radical (unpaired) electrons. The highest BCUT2D eigenvalue weighted by molar-refractivity contribution is 6.00. The highest BCUT2D eigenvalue weighted by Gasteiger charge is 2.24. The van der Waals surface area contributed by atoms with E-state index in [0.29, 0.717) is 12.8 Å². The molecule has 0 bridgehead atoms. The zero-order valence-electron chi connectivity index (χ0n) is 17.1. The molecular formula is C24H28N2O2. The minimum Gasteiger partial charge on any atom is -0.300 e. The van der Waals surface area contributed by atoms with Crippen LogP contribution in [0.3, 0.4) is 0 Å². The van der Waals surface area contributed by atoms with Crippen LogP contribution in [0.15, 0.2) is 70.6 Å². The van der Waals surface area contributed by atoms with Crippen LogP contribution in [0.2, 0.25) is 0 Å². The standard InChI is InChI=1S/C24H28N2O2/c1-17(15-19(3)27)25-23(21-11-7-5-8-12-21)24(22-13-9-6-10-14-22)26-18(2)16-20(4)28/h5-14,23-24H,15-16H2,1-4H3. The lowest BCUT2D eigenvalue weighted by molar-refractivity contribution is -0.116. The fraction of sp³-hybridized carbons (Fsp3) is 0.333. The van der Waals surface area contributed by atoms with Crippen LogP contribution in [0.25, 0.3) is 0 Å². The Morgan fingerprint density at radius 2 is 0.964 bits per heavy atom. The molecule has 0 aliphatic carbocycles. The summed E-state index contributed by atoms with van der Waals surface area (Å²) in [6, 6.07) is 19.4. The molecule has 28 heavy (non-hydrogen) atoms. The first-order valence-electron chi connectivity index (χ1n) is 9.52. The van der Waals surface area contributed by atoms with E-state index < -0.39 is 0 Å². The molecule has 4 heteroatoms. The first kappa shape index (κ1) is 21.4. The van der Waals surface area contributed by atoms with Crippen molar-refractivity contribution in [2.45, 2.75) is 52.6 Å². The lowest BCUT2D eigenvalue weighted by Crippen LogP contribution is -2.13. The molecular weight excluding hydrogens is 348 g/mol. The molecule has 2 atom stereocenters. The second-order valence-electron chi connectivity index (χ2n) is 7.20. The van der Waals surface area contributed by atoms with Crippen molar-refractivity contribution in [2.24, 2.45) is 9.98 Å². The predicted octanol–water partition coefficient (Wildman–Crippen LogP) is 5.35. The smallest absolute Gasteiger partial charge is 0.135 e. The lowest BCUT2D eigenvalue weighted by atomic mass is 9.93. The number of hydrogen-bond acceptors (Lipinski definition) is 4. The van der Waals surface area contributed by atoms with Crippen LogP contribution < -0.4 is 0 Å². The van der Waals surface area contributed by atoms with Crippen molar-refractivity contribution in [1.29, 1.82) is 0 Å². The third kappa shape index (κ3) is 6.69. The molecule has 0 fully saturated rings. The maximum Gasteiger partial charge on any atom is 0.135 e. The number of aliphatic imine (C=N–C) groups is 2. The molecule has 2 aromatic carbocycles. The summed E-state index contributed by atoms with van der Waals surface area (Å²) < 4.78 is 0. The van der Waals surface area contributed by atoms with Crippen molar-refractivity contribution in [3.05, 3.63) is 71.8 Å². The van der Waals surface area contributed by atoms with Gasteiger partial charge in [0.2, 0.25) is 0 Å². The van der Waals surface area contributed by atoms with E-state index in [9.17, 15) is 9.59 Å². The summed E-state index contributed by atoms with van der Waals surface area (Å²) in [5, 5.41) is 0. The Kier molecular flexibility index (Phi) is 8.00. The SMILES string of the molecule is CC(=O)CC(C)=NC(c1ccccc1)C(N=C(C)CC(C)=O)c1ccccc1. The van der Waals surface area contributed by atoms with Gasteiger partial charge in [-0.2, -0.15) is 0 Å². The third-order valence-corrected chi connectivity index (χ3v) is 4.31. The van der Waals surface area contributed by atoms with Gasteiger partial charge in [-0.3, -0.25) is 19.6 Å². The molecule has 0 aliphatic heterocycles. The molecule has 0 N–H and O–H groups in total. The largest absolute Gasteiger partial charge is 0.300 e. The Morgan fingerprint density at radius 3 is 1.25 bits per heavy atom. The van der Waals surface area contributed by atoms with Gasteiger partial charge in [0.05, 0.1) is 0 Å². The van der Waals surface area contributed by atoms with Crippen molar-refractivity contribution in [3.8, 4) is 0 Å². The predicted molar refractivity (Wildman–Crippen MR) is 115 cm³/mol. The maximum atomic E-state index is 11.6. The fourth-order valence-corrected chi connectivity index (χ4v) is 3.24. The fourth-order valence-electron chi connectivity index (χ4n) is 3.24. The quantitative estimate of drug-likeness (QED) is 0.554. The van der Waals surface area contributed by atoms with E-state index >= 15 is 0 Å². The van der Waals surface area contributed by atoms with E-state index in [0.717, 1.165) is 22.6 Å². The summed E-state index contributed by atoms with van der Waals surface area (Å²) in [6.07, 6.45) is 0.641. The van der Waals surface area contributed by atoms with Crippen LogP contribution in [0, 0.1) is 0 Å². The van der Waals surface area contributed by atoms with Gasteiger partial charge in [-0.1, -0.05) is 60.7 Å². The van der Waals surface area contributed by atoms with Crippen LogP contribution in [0.4, 0.5) is 0 Å². The van der Waals surface area contributed by atoms with Gasteiger partial charge in [-0.05, 0) is 38.8 Å². The van der Waals surface area contributed by atoms with Gasteiger partial charge in [0.25, 0.3) is 0 Å². The summed E-state index contributed by atoms with van der Waals surface area (Å²) in [4.78, 5) is 32.9. The van der Waals surface area contributed by atoms with E-state index in [4.69, 9.17) is 9.98 Å². The Hall–Kier alpha value is -2.88. The first-order chi connectivity index (χ1) is 13.4. The van der Waals surface area contributed by atoms with E-state index in [2.05, 4.69) is 0 Å². The van der Waals surface area contributed by atoms with Gasteiger partial charge in [-0.25, -0.2) is 0 Å². The number of carbonyl (C=O) groups is 2. The van der Waals surface area contributed by atoms with Crippen LogP contribution in [-0.4, -0.2) is 23.0 Å². The van der Waals surface area contributed by atoms with Crippen molar-refractivity contribution in [3.63, 3.8) is 0 Å². The number of benzene rings is 2. The van der Waals surface area contributed by atoms with Crippen LogP contribution in [0.1, 0.15) is 63.7 Å². The van der Waals surface area contributed by atoms with E-state index in [1.54, 1.807) is 13.8 Å². The molecule has 2 unspecified atom stereocenters. The van der Waals surface area contributed by atoms with Crippen molar-refractivity contribution in [1.82, 2.24) is 0 Å². The maximum absolute atomic E-state index is 11.6. The monoisotopic (exact) mass is 376 g/mol. The van der Waals surface area contributed by atoms with Gasteiger partial charge >= 0.3 is 0 Å². The molecule has 0 saturated heterocycles. The van der Waals surface area contributed by atoms with E-state index in [-0.39, 0.29) is 23.7 Å². The second kappa shape index (κ2) is 10.5. The minimum atomic E-state index is -0.273. The molecule has 0 heterocycles. The van der Waals surface area contributed by atoms with Gasteiger partial charge < -0.3 is 0 Å². The molecule has 2 aromatic rings. The van der Waals surface area contributed by atoms with Crippen molar-refractivity contribution >= 4 is 23.0 Å². The number of rotatable bonds is 9. The number of Topliss-reactive ketones (excluding diaryl/α,β-unsaturated/α-hetero) is 2. The van der Waals surface area contributed by atoms with E-state index in [1.807, 2.05) is 74.5 Å². The first-order valence-corrected chi connectivity index (χ1v) is 9.52. The molecule has 4 nitrogen and oxygen atoms in total. The zero-order chi connectivity index (χ0) is 20.5. The van der Waals surface area contributed by atoms with Gasteiger partial charge in [0, 0.05) is 24.3 Å². The normalized spacial score (nSPS) is 14.4. The molecule has 2 rings (SSSR count). The number of carbonyl (C=O) groups excluding carboxylic acids is 2. The Bertz CT molecular complexity index is 781. The topological polar surface area (TPSA) is 58.9 Å². The minimum absolute atomic E-state index is 0.0839. The average molecular weight is 377 g/mol. The molecule has 0 amide bonds. The summed E-state index contributed by atoms with van der Waals surface area (Å²) >= 11 is 0. The Labute approximate surface area is 167 Å². The summed E-state index contributed by atoms with van der Waals surface area (Å²) in [5.41, 5.74) is 3.61. The van der Waals surface area contributed by atoms with E-state index in [1.165, 1.54) is 0 Å². The average Bonchev–Trinajstić information content (AvgIpc) is 2.65. The number of nitrogens with zero attached hydrogens (tertiary/aromatic N) is 2. The van der Waals surface area contributed by atoms with Gasteiger partial charge in [-0.15, -0.1) is 0 Å². The van der Waals surface area contributed by atoms with Gasteiger partial charge in [0.15, 0.2) is 0 Å². The number of hydrogen-bond donors (Lipinski definition) is 0. The van der Waals surface area contributed by atoms with Crippen molar-refractivity contribution in [2.75, 3.05) is 0 Å². The molecule has 0 aliphatic rings. The molecule has 146 valence electrons. The van der Waals surface area contributed by atoms with Crippen LogP contribution >= 0.6 is 0 Å². The summed E-state index contributed by atoms with van der Waals surface area (Å²) in [5.74, 6) is 0.168. The molecule has 0 saturated carbocycles. The zero-order valence-corrected chi connectivity index (χ0v) is 17.1. The van der Waals surface area contributed by atoms with Crippen molar-refractivity contribution < 1.29 is 9.59 Å².